The van der Waals surface area contributed by atoms with Gasteiger partial charge in [0.2, 0.25) is 0 Å². The van der Waals surface area contributed by atoms with E-state index in [4.69, 9.17) is 0 Å². The Morgan fingerprint density at radius 3 is 2.76 bits per heavy atom. The molecule has 3 aromatic rings. The van der Waals surface area contributed by atoms with Gasteiger partial charge in [-0.25, -0.2) is 14.6 Å². The second kappa shape index (κ2) is 6.01. The second-order valence-corrected chi connectivity index (χ2v) is 5.11. The lowest BCUT2D eigenvalue weighted by molar-refractivity contribution is 0.561. The van der Waals surface area contributed by atoms with Crippen LogP contribution in [0.3, 0.4) is 0 Å². The Morgan fingerprint density at radius 2 is 2.00 bits per heavy atom. The fourth-order valence-corrected chi connectivity index (χ4v) is 2.52. The van der Waals surface area contributed by atoms with Gasteiger partial charge in [-0.15, -0.1) is 0 Å². The molecule has 1 N–H and O–H groups in total. The van der Waals surface area contributed by atoms with Crippen LogP contribution in [0.15, 0.2) is 42.9 Å². The van der Waals surface area contributed by atoms with Gasteiger partial charge in [-0.05, 0) is 25.6 Å². The molecule has 0 radical (unpaired) electrons. The third-order valence-corrected chi connectivity index (χ3v) is 3.50. The Kier molecular flexibility index (Phi) is 3.92. The van der Waals surface area contributed by atoms with E-state index in [1.54, 1.807) is 6.33 Å². The standard InChI is InChI=1S/C16H19N5/c1-3-17-12(2)9-15-14-10-20-21(16(14)19-11-18-15)13-7-5-4-6-8-13/h4-8,10-12,17H,3,9H2,1-2H3. The van der Waals surface area contributed by atoms with Gasteiger partial charge in [0.05, 0.1) is 23.0 Å². The van der Waals surface area contributed by atoms with Crippen molar-refractivity contribution in [3.63, 3.8) is 0 Å². The number of nitrogens with one attached hydrogen (secondary N) is 1. The maximum Gasteiger partial charge on any atom is 0.166 e. The molecule has 0 spiro atoms. The van der Waals surface area contributed by atoms with E-state index >= 15 is 0 Å². The van der Waals surface area contributed by atoms with Crippen LogP contribution in [0.1, 0.15) is 19.5 Å². The van der Waals surface area contributed by atoms with Crippen LogP contribution in [0.5, 0.6) is 0 Å². The molecule has 0 saturated carbocycles. The molecule has 3 rings (SSSR count). The van der Waals surface area contributed by atoms with E-state index < -0.39 is 0 Å². The lowest BCUT2D eigenvalue weighted by Crippen LogP contribution is -2.28. The summed E-state index contributed by atoms with van der Waals surface area (Å²) in [4.78, 5) is 8.83. The summed E-state index contributed by atoms with van der Waals surface area (Å²) in [6, 6.07) is 10.4. The highest BCUT2D eigenvalue weighted by atomic mass is 15.3. The van der Waals surface area contributed by atoms with Crippen molar-refractivity contribution >= 4 is 11.0 Å². The predicted molar refractivity (Wildman–Crippen MR) is 83.5 cm³/mol. The van der Waals surface area contributed by atoms with E-state index in [9.17, 15) is 0 Å². The monoisotopic (exact) mass is 281 g/mol. The Balaban J connectivity index is 2.00. The van der Waals surface area contributed by atoms with Crippen molar-refractivity contribution in [3.05, 3.63) is 48.5 Å². The quantitative estimate of drug-likeness (QED) is 0.780. The number of aromatic nitrogens is 4. The smallest absolute Gasteiger partial charge is 0.166 e. The number of hydrogen-bond acceptors (Lipinski definition) is 4. The largest absolute Gasteiger partial charge is 0.314 e. The number of fused-ring (bicyclic) bond motifs is 1. The van der Waals surface area contributed by atoms with Gasteiger partial charge in [0.15, 0.2) is 5.65 Å². The van der Waals surface area contributed by atoms with Crippen LogP contribution < -0.4 is 5.32 Å². The predicted octanol–water partition coefficient (Wildman–Crippen LogP) is 2.36. The van der Waals surface area contributed by atoms with Crippen molar-refractivity contribution in [2.24, 2.45) is 0 Å². The van der Waals surface area contributed by atoms with Crippen molar-refractivity contribution in [1.82, 2.24) is 25.1 Å². The summed E-state index contributed by atoms with van der Waals surface area (Å²) in [6.07, 6.45) is 4.35. The first kappa shape index (κ1) is 13.7. The molecule has 0 saturated heterocycles. The molecule has 0 aliphatic rings. The molecule has 1 aromatic carbocycles. The zero-order chi connectivity index (χ0) is 14.7. The molecular formula is C16H19N5. The van der Waals surface area contributed by atoms with Gasteiger partial charge in [-0.3, -0.25) is 0 Å². The van der Waals surface area contributed by atoms with Gasteiger partial charge in [0.1, 0.15) is 6.33 Å². The molecule has 108 valence electrons. The third kappa shape index (κ3) is 2.78. The highest BCUT2D eigenvalue weighted by molar-refractivity contribution is 5.78. The number of hydrogen-bond donors (Lipinski definition) is 1. The molecule has 5 nitrogen and oxygen atoms in total. The molecule has 21 heavy (non-hydrogen) atoms. The van der Waals surface area contributed by atoms with Gasteiger partial charge in [-0.2, -0.15) is 5.10 Å². The first-order valence-corrected chi connectivity index (χ1v) is 7.26. The summed E-state index contributed by atoms with van der Waals surface area (Å²) < 4.78 is 1.86. The Bertz CT molecular complexity index is 720. The topological polar surface area (TPSA) is 55.6 Å². The average molecular weight is 281 g/mol. The Hall–Kier alpha value is -2.27. The van der Waals surface area contributed by atoms with Crippen molar-refractivity contribution in [3.8, 4) is 5.69 Å². The minimum atomic E-state index is 0.383. The highest BCUT2D eigenvalue weighted by Crippen LogP contribution is 2.19. The SMILES string of the molecule is CCNC(C)Cc1ncnc2c1cnn2-c1ccccc1. The maximum atomic E-state index is 4.47. The first-order chi connectivity index (χ1) is 10.3. The van der Waals surface area contributed by atoms with Crippen LogP contribution in [0.25, 0.3) is 16.7 Å². The second-order valence-electron chi connectivity index (χ2n) is 5.11. The molecule has 0 aliphatic carbocycles. The number of rotatable bonds is 5. The molecule has 2 aromatic heterocycles. The van der Waals surface area contributed by atoms with Crippen molar-refractivity contribution < 1.29 is 0 Å². The normalized spacial score (nSPS) is 12.7. The van der Waals surface area contributed by atoms with Crippen LogP contribution in [-0.2, 0) is 6.42 Å². The van der Waals surface area contributed by atoms with Crippen LogP contribution >= 0.6 is 0 Å². The minimum absolute atomic E-state index is 0.383. The van der Waals surface area contributed by atoms with E-state index in [2.05, 4.69) is 34.2 Å². The summed E-state index contributed by atoms with van der Waals surface area (Å²) in [5.41, 5.74) is 2.91. The molecule has 5 heteroatoms. The third-order valence-electron chi connectivity index (χ3n) is 3.50. The summed E-state index contributed by atoms with van der Waals surface area (Å²) in [5.74, 6) is 0. The molecule has 0 fully saturated rings. The number of nitrogens with zero attached hydrogens (tertiary/aromatic N) is 4. The number of para-hydroxylation sites is 1. The van der Waals surface area contributed by atoms with Gasteiger partial charge >= 0.3 is 0 Å². The van der Waals surface area contributed by atoms with Crippen LogP contribution in [-0.4, -0.2) is 32.3 Å². The van der Waals surface area contributed by atoms with E-state index in [0.717, 1.165) is 35.4 Å². The summed E-state index contributed by atoms with van der Waals surface area (Å²) in [5, 5.41) is 8.90. The molecule has 1 atom stereocenters. The zero-order valence-corrected chi connectivity index (χ0v) is 12.3. The Labute approximate surface area is 124 Å². The average Bonchev–Trinajstić information content (AvgIpc) is 2.93. The number of likely N-dealkylation sites (N-methyl/N-ethyl adjacent to an activating group) is 1. The maximum absolute atomic E-state index is 4.47. The van der Waals surface area contributed by atoms with E-state index in [1.165, 1.54) is 0 Å². The van der Waals surface area contributed by atoms with Crippen LogP contribution in [0.4, 0.5) is 0 Å². The molecule has 0 bridgehead atoms. The first-order valence-electron chi connectivity index (χ1n) is 7.26. The molecule has 1 unspecified atom stereocenters. The molecule has 0 aliphatic heterocycles. The summed E-state index contributed by atoms with van der Waals surface area (Å²) in [7, 11) is 0. The Morgan fingerprint density at radius 1 is 1.19 bits per heavy atom. The number of benzene rings is 1. The van der Waals surface area contributed by atoms with Gasteiger partial charge < -0.3 is 5.32 Å². The summed E-state index contributed by atoms with van der Waals surface area (Å²) in [6.45, 7) is 5.23. The fraction of sp³-hybridized carbons (Fsp3) is 0.312. The van der Waals surface area contributed by atoms with Gasteiger partial charge in [-0.1, -0.05) is 25.1 Å². The zero-order valence-electron chi connectivity index (χ0n) is 12.3. The van der Waals surface area contributed by atoms with Crippen molar-refractivity contribution in [2.45, 2.75) is 26.3 Å². The lowest BCUT2D eigenvalue weighted by atomic mass is 10.1. The minimum Gasteiger partial charge on any atom is -0.314 e. The van der Waals surface area contributed by atoms with Crippen LogP contribution in [0, 0.1) is 0 Å². The molecule has 2 heterocycles. The van der Waals surface area contributed by atoms with Gasteiger partial charge in [0.25, 0.3) is 0 Å². The fourth-order valence-electron chi connectivity index (χ4n) is 2.52. The van der Waals surface area contributed by atoms with Crippen molar-refractivity contribution in [2.75, 3.05) is 6.54 Å². The highest BCUT2D eigenvalue weighted by Gasteiger charge is 2.12. The lowest BCUT2D eigenvalue weighted by Gasteiger charge is -2.11. The molecular weight excluding hydrogens is 262 g/mol. The van der Waals surface area contributed by atoms with Gasteiger partial charge in [0, 0.05) is 12.5 Å². The van der Waals surface area contributed by atoms with E-state index in [-0.39, 0.29) is 0 Å². The van der Waals surface area contributed by atoms with Crippen molar-refractivity contribution in [1.29, 1.82) is 0 Å². The van der Waals surface area contributed by atoms with Crippen LogP contribution in [0.2, 0.25) is 0 Å². The summed E-state index contributed by atoms with van der Waals surface area (Å²) >= 11 is 0. The molecule has 0 amide bonds. The van der Waals surface area contributed by atoms with E-state index in [1.807, 2.05) is 41.2 Å². The van der Waals surface area contributed by atoms with E-state index in [0.29, 0.717) is 6.04 Å².